The summed E-state index contributed by atoms with van der Waals surface area (Å²) in [6.45, 7) is 4.46. The Morgan fingerprint density at radius 2 is 2.00 bits per heavy atom. The normalized spacial score (nSPS) is 21.1. The third-order valence-electron chi connectivity index (χ3n) is 4.28. The highest BCUT2D eigenvalue weighted by Gasteiger charge is 2.36. The molecule has 120 valence electrons. The zero-order valence-corrected chi connectivity index (χ0v) is 13.7. The number of nitrogens with zero attached hydrogens (tertiary/aromatic N) is 1. The van der Waals surface area contributed by atoms with Crippen molar-refractivity contribution in [3.05, 3.63) is 34.9 Å². The van der Waals surface area contributed by atoms with Gasteiger partial charge in [-0.25, -0.2) is 0 Å². The number of benzene rings is 1. The van der Waals surface area contributed by atoms with Crippen molar-refractivity contribution in [2.24, 2.45) is 11.8 Å². The first-order valence-corrected chi connectivity index (χ1v) is 8.04. The SMILES string of the molecule is CC(C)N(Cc1cccc(Cl)c1)C(=O)[C@@H]1CC[C@H](C(=O)O)C1. The van der Waals surface area contributed by atoms with Gasteiger partial charge in [-0.05, 0) is 50.8 Å². The summed E-state index contributed by atoms with van der Waals surface area (Å²) in [4.78, 5) is 25.6. The zero-order valence-electron chi connectivity index (χ0n) is 13.0. The molecule has 1 aliphatic carbocycles. The Kier molecular flexibility index (Phi) is 5.46. The van der Waals surface area contributed by atoms with Crippen molar-refractivity contribution < 1.29 is 14.7 Å². The van der Waals surface area contributed by atoms with E-state index in [9.17, 15) is 9.59 Å². The van der Waals surface area contributed by atoms with Gasteiger partial charge in [-0.3, -0.25) is 9.59 Å². The maximum absolute atomic E-state index is 12.7. The van der Waals surface area contributed by atoms with Crippen LogP contribution in [0.15, 0.2) is 24.3 Å². The van der Waals surface area contributed by atoms with Gasteiger partial charge in [-0.1, -0.05) is 23.7 Å². The number of halogens is 1. The van der Waals surface area contributed by atoms with E-state index >= 15 is 0 Å². The van der Waals surface area contributed by atoms with Crippen LogP contribution in [0.2, 0.25) is 5.02 Å². The van der Waals surface area contributed by atoms with Gasteiger partial charge < -0.3 is 10.0 Å². The van der Waals surface area contributed by atoms with Crippen LogP contribution >= 0.6 is 11.6 Å². The minimum Gasteiger partial charge on any atom is -0.481 e. The monoisotopic (exact) mass is 323 g/mol. The number of amides is 1. The first kappa shape index (κ1) is 16.8. The Labute approximate surface area is 136 Å². The number of carboxylic acids is 1. The van der Waals surface area contributed by atoms with Gasteiger partial charge in [-0.2, -0.15) is 0 Å². The largest absolute Gasteiger partial charge is 0.481 e. The second-order valence-electron chi connectivity index (χ2n) is 6.23. The topological polar surface area (TPSA) is 57.6 Å². The molecule has 1 saturated carbocycles. The predicted octanol–water partition coefficient (Wildman–Crippen LogP) is 3.58. The first-order valence-electron chi connectivity index (χ1n) is 7.66. The van der Waals surface area contributed by atoms with Crippen LogP contribution in [-0.4, -0.2) is 27.9 Å². The Morgan fingerprint density at radius 3 is 2.55 bits per heavy atom. The minimum absolute atomic E-state index is 0.0544. The van der Waals surface area contributed by atoms with Gasteiger partial charge in [0, 0.05) is 23.5 Å². The highest BCUT2D eigenvalue weighted by molar-refractivity contribution is 6.30. The third-order valence-corrected chi connectivity index (χ3v) is 4.51. The molecule has 0 saturated heterocycles. The summed E-state index contributed by atoms with van der Waals surface area (Å²) in [7, 11) is 0. The lowest BCUT2D eigenvalue weighted by Crippen LogP contribution is -2.40. The van der Waals surface area contributed by atoms with E-state index in [-0.39, 0.29) is 23.8 Å². The highest BCUT2D eigenvalue weighted by atomic mass is 35.5. The molecule has 1 amide bonds. The first-order chi connectivity index (χ1) is 10.4. The Bertz CT molecular complexity index is 559. The lowest BCUT2D eigenvalue weighted by atomic mass is 10.0. The predicted molar refractivity (Wildman–Crippen MR) is 85.6 cm³/mol. The molecule has 0 aliphatic heterocycles. The summed E-state index contributed by atoms with van der Waals surface area (Å²) in [6.07, 6.45) is 1.70. The van der Waals surface area contributed by atoms with Crippen LogP contribution < -0.4 is 0 Å². The number of rotatable bonds is 5. The summed E-state index contributed by atoms with van der Waals surface area (Å²) in [5.74, 6) is -1.29. The van der Waals surface area contributed by atoms with Gasteiger partial charge in [-0.15, -0.1) is 0 Å². The second kappa shape index (κ2) is 7.14. The van der Waals surface area contributed by atoms with Crippen LogP contribution in [0, 0.1) is 11.8 Å². The fourth-order valence-corrected chi connectivity index (χ4v) is 3.22. The summed E-state index contributed by atoms with van der Waals surface area (Å²) in [6, 6.07) is 7.55. The van der Waals surface area contributed by atoms with E-state index in [2.05, 4.69) is 0 Å². The lowest BCUT2D eigenvalue weighted by molar-refractivity contribution is -0.142. The number of hydrogen-bond acceptors (Lipinski definition) is 2. The minimum atomic E-state index is -0.791. The second-order valence-corrected chi connectivity index (χ2v) is 6.67. The van der Waals surface area contributed by atoms with Crippen molar-refractivity contribution in [1.29, 1.82) is 0 Å². The molecule has 0 spiro atoms. The van der Waals surface area contributed by atoms with Gasteiger partial charge in [0.1, 0.15) is 0 Å². The van der Waals surface area contributed by atoms with Crippen LogP contribution in [0.4, 0.5) is 0 Å². The fourth-order valence-electron chi connectivity index (χ4n) is 3.01. The molecule has 1 aliphatic rings. The maximum atomic E-state index is 12.7. The van der Waals surface area contributed by atoms with Crippen LogP contribution in [0.5, 0.6) is 0 Å². The van der Waals surface area contributed by atoms with Gasteiger partial charge in [0.2, 0.25) is 5.91 Å². The number of carbonyl (C=O) groups is 2. The van der Waals surface area contributed by atoms with Crippen molar-refractivity contribution in [3.8, 4) is 0 Å². The van der Waals surface area contributed by atoms with Gasteiger partial charge in [0.05, 0.1) is 5.92 Å². The lowest BCUT2D eigenvalue weighted by Gasteiger charge is -2.29. The number of aliphatic carboxylic acids is 1. The van der Waals surface area contributed by atoms with Crippen LogP contribution in [0.3, 0.4) is 0 Å². The molecule has 0 radical (unpaired) electrons. The molecule has 0 bridgehead atoms. The van der Waals surface area contributed by atoms with Gasteiger partial charge >= 0.3 is 5.97 Å². The molecule has 5 heteroatoms. The van der Waals surface area contributed by atoms with Crippen molar-refractivity contribution in [2.75, 3.05) is 0 Å². The number of carboxylic acid groups (broad SMARTS) is 1. The molecule has 22 heavy (non-hydrogen) atoms. The average molecular weight is 324 g/mol. The molecule has 1 N–H and O–H groups in total. The quantitative estimate of drug-likeness (QED) is 0.901. The molecule has 0 aromatic heterocycles. The molecule has 0 heterocycles. The van der Waals surface area contributed by atoms with E-state index in [0.717, 1.165) is 5.56 Å². The summed E-state index contributed by atoms with van der Waals surface area (Å²) < 4.78 is 0. The van der Waals surface area contributed by atoms with E-state index < -0.39 is 5.97 Å². The van der Waals surface area contributed by atoms with E-state index in [4.69, 9.17) is 16.7 Å². The standard InChI is InChI=1S/C17H22ClNO3/c1-11(2)19(10-12-4-3-5-15(18)8-12)16(20)13-6-7-14(9-13)17(21)22/h3-5,8,11,13-14H,6-7,9-10H2,1-2H3,(H,21,22)/t13-,14+/m1/s1. The number of hydrogen-bond donors (Lipinski definition) is 1. The molecule has 0 unspecified atom stereocenters. The van der Waals surface area contributed by atoms with Crippen LogP contribution in [0.1, 0.15) is 38.7 Å². The maximum Gasteiger partial charge on any atom is 0.306 e. The highest BCUT2D eigenvalue weighted by Crippen LogP contribution is 2.33. The van der Waals surface area contributed by atoms with Crippen LogP contribution in [-0.2, 0) is 16.1 Å². The Morgan fingerprint density at radius 1 is 1.32 bits per heavy atom. The van der Waals surface area contributed by atoms with E-state index in [1.54, 1.807) is 6.07 Å². The average Bonchev–Trinajstić information content (AvgIpc) is 2.94. The van der Waals surface area contributed by atoms with Crippen molar-refractivity contribution >= 4 is 23.5 Å². The van der Waals surface area contributed by atoms with E-state index in [1.807, 2.05) is 36.9 Å². The van der Waals surface area contributed by atoms with Gasteiger partial charge in [0.15, 0.2) is 0 Å². The van der Waals surface area contributed by atoms with Crippen molar-refractivity contribution in [2.45, 2.75) is 45.7 Å². The van der Waals surface area contributed by atoms with Crippen molar-refractivity contribution in [1.82, 2.24) is 4.90 Å². The van der Waals surface area contributed by atoms with E-state index in [1.165, 1.54) is 0 Å². The summed E-state index contributed by atoms with van der Waals surface area (Å²) in [5, 5.41) is 9.74. The van der Waals surface area contributed by atoms with Gasteiger partial charge in [0.25, 0.3) is 0 Å². The third kappa shape index (κ3) is 4.01. The molecule has 2 atom stereocenters. The van der Waals surface area contributed by atoms with E-state index in [0.29, 0.717) is 30.8 Å². The summed E-state index contributed by atoms with van der Waals surface area (Å²) in [5.41, 5.74) is 0.988. The molecule has 2 rings (SSSR count). The van der Waals surface area contributed by atoms with Crippen LogP contribution in [0.25, 0.3) is 0 Å². The molecular weight excluding hydrogens is 302 g/mol. The molecular formula is C17H22ClNO3. The smallest absolute Gasteiger partial charge is 0.306 e. The Balaban J connectivity index is 2.08. The zero-order chi connectivity index (χ0) is 16.3. The fraction of sp³-hybridized carbons (Fsp3) is 0.529. The molecule has 1 aromatic carbocycles. The van der Waals surface area contributed by atoms with Crippen molar-refractivity contribution in [3.63, 3.8) is 0 Å². The number of carbonyl (C=O) groups excluding carboxylic acids is 1. The molecule has 1 fully saturated rings. The summed E-state index contributed by atoms with van der Waals surface area (Å²) >= 11 is 6.00. The molecule has 4 nitrogen and oxygen atoms in total. The molecule has 1 aromatic rings. The Hall–Kier alpha value is -1.55.